The van der Waals surface area contributed by atoms with Crippen molar-refractivity contribution in [3.63, 3.8) is 0 Å². The van der Waals surface area contributed by atoms with Gasteiger partial charge in [0, 0.05) is 71.7 Å². The Morgan fingerprint density at radius 1 is 0.271 bits per heavy atom. The molecule has 0 saturated carbocycles. The summed E-state index contributed by atoms with van der Waals surface area (Å²) in [5.41, 5.74) is 14.6. The lowest BCUT2D eigenvalue weighted by Crippen LogP contribution is -2.00. The van der Waals surface area contributed by atoms with Crippen LogP contribution in [0.3, 0.4) is 0 Å². The van der Waals surface area contributed by atoms with Crippen LogP contribution in [0, 0.1) is 0 Å². The molecule has 15 rings (SSSR count). The van der Waals surface area contributed by atoms with E-state index in [-0.39, 0.29) is 0 Å². The van der Waals surface area contributed by atoms with Crippen LogP contribution in [-0.4, -0.2) is 24.1 Å². The topological polar surface area (TPSA) is 74.8 Å². The summed E-state index contributed by atoms with van der Waals surface area (Å²) in [5.74, 6) is 1.70. The van der Waals surface area contributed by atoms with Gasteiger partial charge in [-0.3, -0.25) is 0 Å². The smallest absolute Gasteiger partial charge is 0.167 e. The minimum atomic E-state index is 0.545. The largest absolute Gasteiger partial charge is 0.456 e. The van der Waals surface area contributed by atoms with Gasteiger partial charge in [-0.15, -0.1) is 0 Å². The Morgan fingerprint density at radius 2 is 0.771 bits per heavy atom. The van der Waals surface area contributed by atoms with Crippen molar-refractivity contribution in [1.29, 1.82) is 0 Å². The third-order valence-electron chi connectivity index (χ3n) is 14.0. The highest BCUT2D eigenvalue weighted by Crippen LogP contribution is 2.41. The van der Waals surface area contributed by atoms with Crippen molar-refractivity contribution < 1.29 is 8.83 Å². The SMILES string of the molecule is c1ccc(-c2nc(-c3ccc4c5ccccc5n(-c5ccc6c(c5)oc5cc(-c7ccc8c9ccccc9n(-c9ccccc9)c8c7)ccc56)c4c3)nc(-c3cccc4c3oc3ccccc34)n2)cc1. The van der Waals surface area contributed by atoms with Gasteiger partial charge in [0.05, 0.1) is 27.6 Å². The van der Waals surface area contributed by atoms with E-state index in [1.165, 1.54) is 21.8 Å². The fourth-order valence-electron chi connectivity index (χ4n) is 10.7. The number of para-hydroxylation sites is 5. The summed E-state index contributed by atoms with van der Waals surface area (Å²) in [4.78, 5) is 15.4. The van der Waals surface area contributed by atoms with Gasteiger partial charge in [0.1, 0.15) is 22.3 Å². The third kappa shape index (κ3) is 5.85. The van der Waals surface area contributed by atoms with Crippen molar-refractivity contribution in [3.8, 4) is 56.7 Å². The van der Waals surface area contributed by atoms with E-state index in [1.807, 2.05) is 60.7 Å². The molecule has 0 aliphatic rings. The number of fused-ring (bicyclic) bond motifs is 12. The Kier molecular flexibility index (Phi) is 8.23. The molecule has 0 radical (unpaired) electrons. The summed E-state index contributed by atoms with van der Waals surface area (Å²) in [6.07, 6.45) is 0. The van der Waals surface area contributed by atoms with Gasteiger partial charge < -0.3 is 18.0 Å². The lowest BCUT2D eigenvalue weighted by molar-refractivity contribution is 0.668. The number of furan rings is 2. The van der Waals surface area contributed by atoms with E-state index in [2.05, 4.69) is 173 Å². The molecule has 0 amide bonds. The molecule has 0 atom stereocenters. The average Bonchev–Trinajstić information content (AvgIpc) is 4.18. The molecule has 0 fully saturated rings. The van der Waals surface area contributed by atoms with E-state index in [1.54, 1.807) is 0 Å². The predicted molar refractivity (Wildman–Crippen MR) is 285 cm³/mol. The highest BCUT2D eigenvalue weighted by atomic mass is 16.3. The number of aromatic nitrogens is 5. The molecule has 70 heavy (non-hydrogen) atoms. The molecule has 5 aromatic heterocycles. The molecule has 0 aliphatic carbocycles. The first-order valence-electron chi connectivity index (χ1n) is 23.5. The van der Waals surface area contributed by atoms with Gasteiger partial charge in [-0.2, -0.15) is 0 Å². The molecule has 10 aromatic carbocycles. The lowest BCUT2D eigenvalue weighted by Gasteiger charge is -2.10. The molecule has 7 heteroatoms. The van der Waals surface area contributed by atoms with E-state index in [0.29, 0.717) is 17.5 Å². The maximum atomic E-state index is 6.81. The standard InChI is InChI=1S/C63H37N5O2/c1-3-14-38(15-4-1)61-64-62(66-63(65-61)52-22-13-21-51-48-20-9-12-25-57(48)70-60(51)52)41-28-31-47-45-19-8-11-24-54(45)68(56(47)35-41)43-29-33-50-49-32-27-40(36-58(49)69-59(50)37-43)39-26-30-46-44-18-7-10-23-53(44)67(55(46)34-39)42-16-5-2-6-17-42/h1-37H. The van der Waals surface area contributed by atoms with Crippen molar-refractivity contribution in [2.75, 3.05) is 0 Å². The fourth-order valence-corrected chi connectivity index (χ4v) is 10.7. The van der Waals surface area contributed by atoms with Crippen molar-refractivity contribution >= 4 is 87.5 Å². The first-order chi connectivity index (χ1) is 34.7. The number of hydrogen-bond acceptors (Lipinski definition) is 5. The Morgan fingerprint density at radius 3 is 1.51 bits per heavy atom. The van der Waals surface area contributed by atoms with Crippen LogP contribution >= 0.6 is 0 Å². The van der Waals surface area contributed by atoms with Gasteiger partial charge in [-0.05, 0) is 83.9 Å². The van der Waals surface area contributed by atoms with Crippen molar-refractivity contribution in [1.82, 2.24) is 24.1 Å². The van der Waals surface area contributed by atoms with Gasteiger partial charge >= 0.3 is 0 Å². The Hall–Kier alpha value is -9.59. The van der Waals surface area contributed by atoms with E-state index in [0.717, 1.165) is 105 Å². The van der Waals surface area contributed by atoms with Gasteiger partial charge in [0.25, 0.3) is 0 Å². The highest BCUT2D eigenvalue weighted by Gasteiger charge is 2.21. The maximum Gasteiger partial charge on any atom is 0.167 e. The molecule has 0 aliphatic heterocycles. The Balaban J connectivity index is 0.864. The van der Waals surface area contributed by atoms with E-state index in [9.17, 15) is 0 Å². The first kappa shape index (κ1) is 38.5. The summed E-state index contributed by atoms with van der Waals surface area (Å²) < 4.78 is 18.0. The summed E-state index contributed by atoms with van der Waals surface area (Å²) in [6, 6.07) is 78.6. The molecule has 0 N–H and O–H groups in total. The number of nitrogens with zero attached hydrogens (tertiary/aromatic N) is 5. The van der Waals surface area contributed by atoms with Gasteiger partial charge in [0.2, 0.25) is 0 Å². The van der Waals surface area contributed by atoms with E-state index >= 15 is 0 Å². The summed E-state index contributed by atoms with van der Waals surface area (Å²) in [6.45, 7) is 0. The summed E-state index contributed by atoms with van der Waals surface area (Å²) in [5, 5.41) is 8.96. The Bertz CT molecular complexity index is 4600. The number of benzene rings is 10. The molecular weight excluding hydrogens is 859 g/mol. The van der Waals surface area contributed by atoms with Gasteiger partial charge in [-0.25, -0.2) is 15.0 Å². The zero-order chi connectivity index (χ0) is 45.9. The van der Waals surface area contributed by atoms with Gasteiger partial charge in [-0.1, -0.05) is 146 Å². The normalized spacial score (nSPS) is 12.0. The van der Waals surface area contributed by atoms with Crippen LogP contribution in [-0.2, 0) is 0 Å². The van der Waals surface area contributed by atoms with Crippen LogP contribution in [0.4, 0.5) is 0 Å². The zero-order valence-corrected chi connectivity index (χ0v) is 37.4. The molecule has 326 valence electrons. The summed E-state index contributed by atoms with van der Waals surface area (Å²) >= 11 is 0. The number of hydrogen-bond donors (Lipinski definition) is 0. The second kappa shape index (κ2) is 15.0. The predicted octanol–water partition coefficient (Wildman–Crippen LogP) is 16.5. The second-order valence-corrected chi connectivity index (χ2v) is 18.0. The highest BCUT2D eigenvalue weighted by molar-refractivity contribution is 6.13. The van der Waals surface area contributed by atoms with Crippen molar-refractivity contribution in [3.05, 3.63) is 224 Å². The molecule has 15 aromatic rings. The maximum absolute atomic E-state index is 6.81. The third-order valence-corrected chi connectivity index (χ3v) is 14.0. The molecule has 0 unspecified atom stereocenters. The average molecular weight is 896 g/mol. The monoisotopic (exact) mass is 895 g/mol. The molecule has 0 bridgehead atoms. The van der Waals surface area contributed by atoms with Crippen LogP contribution in [0.5, 0.6) is 0 Å². The quantitative estimate of drug-likeness (QED) is 0.166. The van der Waals surface area contributed by atoms with E-state index in [4.69, 9.17) is 23.8 Å². The molecule has 7 nitrogen and oxygen atoms in total. The van der Waals surface area contributed by atoms with Crippen LogP contribution in [0.25, 0.3) is 144 Å². The van der Waals surface area contributed by atoms with Crippen LogP contribution < -0.4 is 0 Å². The molecular formula is C63H37N5O2. The fraction of sp³-hybridized carbons (Fsp3) is 0. The van der Waals surface area contributed by atoms with Crippen LogP contribution in [0.2, 0.25) is 0 Å². The lowest BCUT2D eigenvalue weighted by atomic mass is 10.0. The minimum absolute atomic E-state index is 0.545. The zero-order valence-electron chi connectivity index (χ0n) is 37.4. The number of rotatable bonds is 6. The second-order valence-electron chi connectivity index (χ2n) is 18.0. The minimum Gasteiger partial charge on any atom is -0.456 e. The molecule has 0 spiro atoms. The van der Waals surface area contributed by atoms with Crippen molar-refractivity contribution in [2.24, 2.45) is 0 Å². The van der Waals surface area contributed by atoms with Gasteiger partial charge in [0.15, 0.2) is 17.5 Å². The van der Waals surface area contributed by atoms with E-state index < -0.39 is 0 Å². The summed E-state index contributed by atoms with van der Waals surface area (Å²) in [7, 11) is 0. The van der Waals surface area contributed by atoms with Crippen LogP contribution in [0.15, 0.2) is 233 Å². The Labute approximate surface area is 399 Å². The molecule has 5 heterocycles. The first-order valence-corrected chi connectivity index (χ1v) is 23.5. The molecule has 0 saturated heterocycles. The van der Waals surface area contributed by atoms with Crippen molar-refractivity contribution in [2.45, 2.75) is 0 Å². The van der Waals surface area contributed by atoms with Crippen LogP contribution in [0.1, 0.15) is 0 Å².